The molecule has 3 N–H and O–H groups in total. The van der Waals surface area contributed by atoms with E-state index in [0.29, 0.717) is 5.56 Å². The molecule has 0 aliphatic heterocycles. The van der Waals surface area contributed by atoms with Gasteiger partial charge in [0, 0.05) is 12.1 Å². The van der Waals surface area contributed by atoms with E-state index >= 15 is 0 Å². The second kappa shape index (κ2) is 5.89. The number of aromatic nitrogens is 3. The smallest absolute Gasteiger partial charge is 0.331 e. The number of nitro benzene ring substituents is 1. The van der Waals surface area contributed by atoms with Gasteiger partial charge in [0.15, 0.2) is 11.9 Å². The van der Waals surface area contributed by atoms with Crippen molar-refractivity contribution in [3.05, 3.63) is 52.1 Å². The zero-order valence-corrected chi connectivity index (χ0v) is 10.2. The van der Waals surface area contributed by atoms with E-state index in [9.17, 15) is 14.9 Å². The van der Waals surface area contributed by atoms with Crippen LogP contribution in [0.5, 0.6) is 0 Å². The van der Waals surface area contributed by atoms with Crippen molar-refractivity contribution in [3.8, 4) is 0 Å². The Morgan fingerprint density at radius 2 is 2.15 bits per heavy atom. The standard InChI is InChI=1S/C11H11N5O4/c12-9(10-13-6-14-15-10)11(17)20-5-7-1-3-8(4-2-7)16(18)19/h1-4,6,9H,5,12H2,(H,13,14,15). The van der Waals surface area contributed by atoms with E-state index in [4.69, 9.17) is 10.5 Å². The van der Waals surface area contributed by atoms with Gasteiger partial charge < -0.3 is 10.5 Å². The second-order valence-corrected chi connectivity index (χ2v) is 3.88. The molecule has 20 heavy (non-hydrogen) atoms. The van der Waals surface area contributed by atoms with Crippen LogP contribution in [0.2, 0.25) is 0 Å². The summed E-state index contributed by atoms with van der Waals surface area (Å²) in [5.74, 6) is -0.459. The molecule has 0 aliphatic rings. The Morgan fingerprint density at radius 1 is 1.45 bits per heavy atom. The highest BCUT2D eigenvalue weighted by atomic mass is 16.6. The van der Waals surface area contributed by atoms with Gasteiger partial charge in [-0.05, 0) is 17.7 Å². The lowest BCUT2D eigenvalue weighted by atomic mass is 10.2. The van der Waals surface area contributed by atoms with Crippen molar-refractivity contribution in [2.75, 3.05) is 0 Å². The van der Waals surface area contributed by atoms with Gasteiger partial charge in [0.25, 0.3) is 5.69 Å². The largest absolute Gasteiger partial charge is 0.459 e. The maximum absolute atomic E-state index is 11.6. The average Bonchev–Trinajstić information content (AvgIpc) is 2.98. The first kappa shape index (κ1) is 13.6. The number of nitrogens with zero attached hydrogens (tertiary/aromatic N) is 3. The Hall–Kier alpha value is -2.81. The van der Waals surface area contributed by atoms with Crippen LogP contribution < -0.4 is 5.73 Å². The summed E-state index contributed by atoms with van der Waals surface area (Å²) >= 11 is 0. The summed E-state index contributed by atoms with van der Waals surface area (Å²) < 4.78 is 4.99. The molecule has 1 unspecified atom stereocenters. The van der Waals surface area contributed by atoms with Crippen LogP contribution in [-0.2, 0) is 16.1 Å². The van der Waals surface area contributed by atoms with Gasteiger partial charge in [-0.3, -0.25) is 15.2 Å². The zero-order valence-electron chi connectivity index (χ0n) is 10.2. The van der Waals surface area contributed by atoms with Crippen molar-refractivity contribution in [1.29, 1.82) is 0 Å². The lowest BCUT2D eigenvalue weighted by Crippen LogP contribution is -2.24. The molecule has 9 heteroatoms. The monoisotopic (exact) mass is 277 g/mol. The number of ether oxygens (including phenoxy) is 1. The van der Waals surface area contributed by atoms with Crippen LogP contribution in [0.1, 0.15) is 17.4 Å². The van der Waals surface area contributed by atoms with Crippen molar-refractivity contribution in [1.82, 2.24) is 15.2 Å². The van der Waals surface area contributed by atoms with Gasteiger partial charge in [-0.2, -0.15) is 5.10 Å². The summed E-state index contributed by atoms with van der Waals surface area (Å²) in [6, 6.07) is 4.63. The number of carbonyl (C=O) groups excluding carboxylic acids is 1. The third kappa shape index (κ3) is 3.14. The van der Waals surface area contributed by atoms with Gasteiger partial charge in [0.1, 0.15) is 12.9 Å². The fourth-order valence-electron chi connectivity index (χ4n) is 1.43. The second-order valence-electron chi connectivity index (χ2n) is 3.88. The van der Waals surface area contributed by atoms with Gasteiger partial charge in [-0.15, -0.1) is 0 Å². The quantitative estimate of drug-likeness (QED) is 0.460. The zero-order chi connectivity index (χ0) is 14.5. The number of benzene rings is 1. The predicted molar refractivity (Wildman–Crippen MR) is 66.2 cm³/mol. The molecule has 0 saturated heterocycles. The lowest BCUT2D eigenvalue weighted by Gasteiger charge is -2.08. The van der Waals surface area contributed by atoms with E-state index in [2.05, 4.69) is 15.2 Å². The number of hydrogen-bond acceptors (Lipinski definition) is 7. The number of nitro groups is 1. The van der Waals surface area contributed by atoms with Crippen LogP contribution in [-0.4, -0.2) is 26.1 Å². The number of carbonyl (C=O) groups is 1. The number of nitrogens with two attached hydrogens (primary N) is 1. The van der Waals surface area contributed by atoms with Gasteiger partial charge in [-0.1, -0.05) is 0 Å². The van der Waals surface area contributed by atoms with Crippen LogP contribution in [0, 0.1) is 10.1 Å². The van der Waals surface area contributed by atoms with Crippen LogP contribution in [0.15, 0.2) is 30.6 Å². The summed E-state index contributed by atoms with van der Waals surface area (Å²) in [6.45, 7) is -0.0291. The Bertz CT molecular complexity index is 596. The molecule has 1 aromatic carbocycles. The number of nitrogens with one attached hydrogen (secondary N) is 1. The third-order valence-electron chi connectivity index (χ3n) is 2.51. The summed E-state index contributed by atoms with van der Waals surface area (Å²) in [6.07, 6.45) is 1.23. The van der Waals surface area contributed by atoms with Crippen LogP contribution in [0.25, 0.3) is 0 Å². The van der Waals surface area contributed by atoms with Crippen molar-refractivity contribution in [2.24, 2.45) is 5.73 Å². The van der Waals surface area contributed by atoms with Crippen LogP contribution >= 0.6 is 0 Å². The molecule has 0 radical (unpaired) electrons. The minimum atomic E-state index is -1.05. The first-order valence-electron chi connectivity index (χ1n) is 5.58. The van der Waals surface area contributed by atoms with Gasteiger partial charge in [0.05, 0.1) is 4.92 Å². The minimum absolute atomic E-state index is 0.0291. The normalized spacial score (nSPS) is 11.8. The number of non-ortho nitro benzene ring substituents is 1. The Labute approximate surface area is 112 Å². The molecular formula is C11H11N5O4. The summed E-state index contributed by atoms with van der Waals surface area (Å²) in [5, 5.41) is 16.5. The molecule has 104 valence electrons. The lowest BCUT2D eigenvalue weighted by molar-refractivity contribution is -0.384. The van der Waals surface area contributed by atoms with E-state index in [0.717, 1.165) is 0 Å². The molecule has 0 fully saturated rings. The molecule has 1 aromatic heterocycles. The average molecular weight is 277 g/mol. The van der Waals surface area contributed by atoms with Crippen molar-refractivity contribution in [3.63, 3.8) is 0 Å². The number of rotatable bonds is 5. The molecule has 0 aliphatic carbocycles. The molecule has 1 atom stereocenters. The summed E-state index contributed by atoms with van der Waals surface area (Å²) in [4.78, 5) is 25.4. The fraction of sp³-hybridized carbons (Fsp3) is 0.182. The third-order valence-corrected chi connectivity index (χ3v) is 2.51. The van der Waals surface area contributed by atoms with Crippen LogP contribution in [0.3, 0.4) is 0 Å². The molecule has 2 rings (SSSR count). The Balaban J connectivity index is 1.91. The molecule has 2 aromatic rings. The maximum atomic E-state index is 11.6. The van der Waals surface area contributed by atoms with Crippen molar-refractivity contribution in [2.45, 2.75) is 12.6 Å². The fourth-order valence-corrected chi connectivity index (χ4v) is 1.43. The van der Waals surface area contributed by atoms with E-state index in [1.807, 2.05) is 0 Å². The maximum Gasteiger partial charge on any atom is 0.331 e. The predicted octanol–water partition coefficient (Wildman–Crippen LogP) is 0.456. The van der Waals surface area contributed by atoms with E-state index in [1.54, 1.807) is 0 Å². The first-order valence-corrected chi connectivity index (χ1v) is 5.58. The number of esters is 1. The van der Waals surface area contributed by atoms with Crippen molar-refractivity contribution >= 4 is 11.7 Å². The molecule has 1 heterocycles. The highest BCUT2D eigenvalue weighted by molar-refractivity contribution is 5.76. The molecule has 0 spiro atoms. The van der Waals surface area contributed by atoms with Crippen LogP contribution in [0.4, 0.5) is 5.69 Å². The van der Waals surface area contributed by atoms with Gasteiger partial charge in [-0.25, -0.2) is 9.78 Å². The highest BCUT2D eigenvalue weighted by Crippen LogP contribution is 2.13. The highest BCUT2D eigenvalue weighted by Gasteiger charge is 2.20. The number of hydrogen-bond donors (Lipinski definition) is 2. The first-order chi connectivity index (χ1) is 9.58. The number of H-pyrrole nitrogens is 1. The molecule has 0 saturated carbocycles. The molecule has 9 nitrogen and oxygen atoms in total. The minimum Gasteiger partial charge on any atom is -0.459 e. The summed E-state index contributed by atoms with van der Waals surface area (Å²) in [5.41, 5.74) is 6.20. The molecule has 0 bridgehead atoms. The SMILES string of the molecule is NC(C(=O)OCc1ccc([N+](=O)[O-])cc1)c1ncn[nH]1. The van der Waals surface area contributed by atoms with E-state index in [1.165, 1.54) is 30.6 Å². The van der Waals surface area contributed by atoms with Gasteiger partial charge in [0.2, 0.25) is 0 Å². The molecular weight excluding hydrogens is 266 g/mol. The van der Waals surface area contributed by atoms with E-state index in [-0.39, 0.29) is 18.1 Å². The topological polar surface area (TPSA) is 137 Å². The Morgan fingerprint density at radius 3 is 2.70 bits per heavy atom. The van der Waals surface area contributed by atoms with E-state index < -0.39 is 16.9 Å². The van der Waals surface area contributed by atoms with Crippen molar-refractivity contribution < 1.29 is 14.5 Å². The Kier molecular flexibility index (Phi) is 4.01. The van der Waals surface area contributed by atoms with Gasteiger partial charge >= 0.3 is 5.97 Å². The number of aromatic amines is 1. The summed E-state index contributed by atoms with van der Waals surface area (Å²) in [7, 11) is 0. The molecule has 0 amide bonds.